The highest BCUT2D eigenvalue weighted by Gasteiger charge is 2.45. The maximum absolute atomic E-state index is 12.7. The topological polar surface area (TPSA) is 59.1 Å². The molecule has 1 amide bonds. The summed E-state index contributed by atoms with van der Waals surface area (Å²) in [6.45, 7) is 1.87. The lowest BCUT2D eigenvalue weighted by atomic mass is 9.64. The van der Waals surface area contributed by atoms with Gasteiger partial charge in [0.25, 0.3) is 0 Å². The number of nitrogens with one attached hydrogen (secondary N) is 1. The van der Waals surface area contributed by atoms with Crippen molar-refractivity contribution in [2.24, 2.45) is 0 Å². The number of hydrogen-bond donors (Lipinski definition) is 1. The molecule has 0 aliphatic heterocycles. The second-order valence-corrected chi connectivity index (χ2v) is 7.15. The Balaban J connectivity index is 1.68. The maximum atomic E-state index is 12.7. The van der Waals surface area contributed by atoms with Crippen LogP contribution >= 0.6 is 15.9 Å². The van der Waals surface area contributed by atoms with Crippen LogP contribution < -0.4 is 5.32 Å². The lowest BCUT2D eigenvalue weighted by molar-refractivity contribution is -0.129. The number of ketones is 1. The first-order valence-electron chi connectivity index (χ1n) is 8.01. The number of hydrogen-bond acceptors (Lipinski definition) is 3. The lowest BCUT2D eigenvalue weighted by Gasteiger charge is -2.40. The van der Waals surface area contributed by atoms with E-state index in [-0.39, 0.29) is 18.2 Å². The molecule has 0 atom stereocenters. The fraction of sp³-hybridized carbons (Fsp3) is 0.316. The zero-order valence-corrected chi connectivity index (χ0v) is 15.1. The van der Waals surface area contributed by atoms with Crippen LogP contribution in [0.15, 0.2) is 47.1 Å². The van der Waals surface area contributed by atoms with Gasteiger partial charge in [-0.15, -0.1) is 0 Å². The summed E-state index contributed by atoms with van der Waals surface area (Å²) in [5.74, 6) is -0.189. The summed E-state index contributed by atoms with van der Waals surface area (Å²) in [7, 11) is 0. The highest BCUT2D eigenvalue weighted by atomic mass is 79.9. The third-order valence-corrected chi connectivity index (χ3v) is 5.21. The molecule has 4 nitrogen and oxygen atoms in total. The molecule has 1 aliphatic carbocycles. The van der Waals surface area contributed by atoms with Gasteiger partial charge in [0, 0.05) is 21.9 Å². The second-order valence-electron chi connectivity index (χ2n) is 6.24. The summed E-state index contributed by atoms with van der Waals surface area (Å²) in [6.07, 6.45) is 4.22. The van der Waals surface area contributed by atoms with Gasteiger partial charge in [-0.2, -0.15) is 0 Å². The van der Waals surface area contributed by atoms with Crippen molar-refractivity contribution in [3.05, 3.63) is 63.9 Å². The van der Waals surface area contributed by atoms with Gasteiger partial charge in [0.05, 0.1) is 12.0 Å². The van der Waals surface area contributed by atoms with Gasteiger partial charge >= 0.3 is 0 Å². The molecule has 1 aliphatic rings. The van der Waals surface area contributed by atoms with Crippen LogP contribution in [-0.4, -0.2) is 23.2 Å². The molecule has 124 valence electrons. The number of carbonyl (C=O) groups excluding carboxylic acids is 2. The minimum absolute atomic E-state index is 0.00184. The van der Waals surface area contributed by atoms with Gasteiger partial charge < -0.3 is 5.32 Å². The van der Waals surface area contributed by atoms with Gasteiger partial charge in [0.1, 0.15) is 0 Å². The van der Waals surface area contributed by atoms with Crippen molar-refractivity contribution in [2.75, 3.05) is 6.54 Å². The molecule has 0 saturated heterocycles. The van der Waals surface area contributed by atoms with Gasteiger partial charge in [-0.25, -0.2) is 0 Å². The van der Waals surface area contributed by atoms with Gasteiger partial charge in [-0.3, -0.25) is 14.6 Å². The fourth-order valence-electron chi connectivity index (χ4n) is 3.01. The Bertz CT molecular complexity index is 750. The van der Waals surface area contributed by atoms with Crippen molar-refractivity contribution in [3.8, 4) is 0 Å². The van der Waals surface area contributed by atoms with Gasteiger partial charge in [0.2, 0.25) is 5.91 Å². The average Bonchev–Trinajstić information content (AvgIpc) is 2.54. The van der Waals surface area contributed by atoms with Crippen LogP contribution in [0.25, 0.3) is 0 Å². The molecule has 0 spiro atoms. The van der Waals surface area contributed by atoms with Crippen LogP contribution in [0.2, 0.25) is 0 Å². The van der Waals surface area contributed by atoms with Crippen LogP contribution in [0.4, 0.5) is 0 Å². The number of pyridine rings is 1. The van der Waals surface area contributed by atoms with E-state index >= 15 is 0 Å². The number of amides is 1. The zero-order chi connectivity index (χ0) is 17.2. The first-order valence-corrected chi connectivity index (χ1v) is 8.81. The largest absolute Gasteiger partial charge is 0.348 e. The minimum atomic E-state index is -0.494. The molecule has 0 unspecified atom stereocenters. The number of aryl methyl sites for hydroxylation is 1. The molecule has 5 heteroatoms. The van der Waals surface area contributed by atoms with Crippen LogP contribution in [0, 0.1) is 6.92 Å². The first-order chi connectivity index (χ1) is 11.5. The Labute approximate surface area is 149 Å². The number of halogens is 1. The molecule has 1 aromatic heterocycles. The Morgan fingerprint density at radius 1 is 1.17 bits per heavy atom. The summed E-state index contributed by atoms with van der Waals surface area (Å²) in [4.78, 5) is 29.1. The fourth-order valence-corrected chi connectivity index (χ4v) is 3.27. The smallest absolute Gasteiger partial charge is 0.231 e. The molecule has 24 heavy (non-hydrogen) atoms. The van der Waals surface area contributed by atoms with E-state index in [9.17, 15) is 9.59 Å². The highest BCUT2D eigenvalue weighted by Crippen LogP contribution is 2.44. The summed E-state index contributed by atoms with van der Waals surface area (Å²) in [5.41, 5.74) is 1.90. The highest BCUT2D eigenvalue weighted by molar-refractivity contribution is 9.10. The van der Waals surface area contributed by atoms with Gasteiger partial charge in [-0.1, -0.05) is 34.5 Å². The Morgan fingerprint density at radius 2 is 1.88 bits per heavy atom. The van der Waals surface area contributed by atoms with Crippen molar-refractivity contribution in [1.29, 1.82) is 0 Å². The third-order valence-electron chi connectivity index (χ3n) is 4.68. The maximum Gasteiger partial charge on any atom is 0.231 e. The molecule has 1 N–H and O–H groups in total. The van der Waals surface area contributed by atoms with Crippen molar-refractivity contribution < 1.29 is 9.59 Å². The summed E-state index contributed by atoms with van der Waals surface area (Å²) >= 11 is 3.42. The molecule has 0 radical (unpaired) electrons. The predicted molar refractivity (Wildman–Crippen MR) is 96.0 cm³/mol. The van der Waals surface area contributed by atoms with E-state index in [1.165, 1.54) is 0 Å². The number of rotatable bonds is 5. The number of carbonyl (C=O) groups is 2. The Kier molecular flexibility index (Phi) is 4.81. The van der Waals surface area contributed by atoms with Crippen LogP contribution in [0.1, 0.15) is 40.9 Å². The normalized spacial score (nSPS) is 15.4. The first kappa shape index (κ1) is 16.8. The second kappa shape index (κ2) is 6.85. The van der Waals surface area contributed by atoms with Crippen LogP contribution in [0.3, 0.4) is 0 Å². The van der Waals surface area contributed by atoms with E-state index in [0.29, 0.717) is 5.56 Å². The molecule has 1 heterocycles. The number of nitrogens with zero attached hydrogens (tertiary/aromatic N) is 1. The van der Waals surface area contributed by atoms with E-state index in [4.69, 9.17) is 0 Å². The van der Waals surface area contributed by atoms with Crippen molar-refractivity contribution >= 4 is 27.6 Å². The zero-order valence-electron chi connectivity index (χ0n) is 13.5. The lowest BCUT2D eigenvalue weighted by Crippen LogP contribution is -2.50. The van der Waals surface area contributed by atoms with Gasteiger partial charge in [0.15, 0.2) is 5.78 Å². The molecule has 1 saturated carbocycles. The summed E-state index contributed by atoms with van der Waals surface area (Å²) in [6, 6.07) is 11.4. The monoisotopic (exact) mass is 386 g/mol. The Morgan fingerprint density at radius 3 is 2.42 bits per heavy atom. The molecule has 3 rings (SSSR count). The van der Waals surface area contributed by atoms with Crippen molar-refractivity contribution in [1.82, 2.24) is 10.3 Å². The molecular formula is C19H19BrN2O2. The van der Waals surface area contributed by atoms with Crippen LogP contribution in [0.5, 0.6) is 0 Å². The number of aromatic nitrogens is 1. The minimum Gasteiger partial charge on any atom is -0.348 e. The van der Waals surface area contributed by atoms with Crippen LogP contribution in [-0.2, 0) is 10.2 Å². The number of Topliss-reactive ketones (excluding diaryl/α,β-unsaturated/α-hetero) is 1. The predicted octanol–water partition coefficient (Wildman–Crippen LogP) is 3.57. The molecule has 2 aromatic rings. The SMILES string of the molecule is Cc1ccc(C(=O)CNC(=O)C2(c3ccc(Br)cc3)CCC2)cn1. The van der Waals surface area contributed by atoms with E-state index in [2.05, 4.69) is 26.2 Å². The summed E-state index contributed by atoms with van der Waals surface area (Å²) in [5, 5.41) is 2.82. The van der Waals surface area contributed by atoms with E-state index in [1.54, 1.807) is 18.3 Å². The Hall–Kier alpha value is -2.01. The standard InChI is InChI=1S/C19H19BrN2O2/c1-13-3-4-14(11-21-13)17(23)12-22-18(24)19(9-2-10-19)15-5-7-16(20)8-6-15/h3-8,11H,2,9-10,12H2,1H3,(H,22,24). The van der Waals surface area contributed by atoms with Crippen molar-refractivity contribution in [3.63, 3.8) is 0 Å². The van der Waals surface area contributed by atoms with E-state index < -0.39 is 5.41 Å². The quantitative estimate of drug-likeness (QED) is 0.798. The van der Waals surface area contributed by atoms with Crippen molar-refractivity contribution in [2.45, 2.75) is 31.6 Å². The molecule has 1 aromatic carbocycles. The van der Waals surface area contributed by atoms with Gasteiger partial charge in [-0.05, 0) is 49.6 Å². The molecular weight excluding hydrogens is 368 g/mol. The third kappa shape index (κ3) is 3.26. The summed E-state index contributed by atoms with van der Waals surface area (Å²) < 4.78 is 0.989. The number of benzene rings is 1. The molecule has 0 bridgehead atoms. The van der Waals surface area contributed by atoms with E-state index in [1.807, 2.05) is 31.2 Å². The van der Waals surface area contributed by atoms with E-state index in [0.717, 1.165) is 35.0 Å². The molecule has 1 fully saturated rings. The average molecular weight is 387 g/mol.